The average Bonchev–Trinajstić information content (AvgIpc) is 2.91. The summed E-state index contributed by atoms with van der Waals surface area (Å²) in [5.41, 5.74) is -0.733. The van der Waals surface area contributed by atoms with Gasteiger partial charge in [-0.1, -0.05) is 6.92 Å². The van der Waals surface area contributed by atoms with Crippen molar-refractivity contribution in [2.45, 2.75) is 32.4 Å². The van der Waals surface area contributed by atoms with Gasteiger partial charge in [0, 0.05) is 25.4 Å². The molecular formula is C14H21N5O3S. The van der Waals surface area contributed by atoms with Crippen molar-refractivity contribution in [2.24, 2.45) is 7.05 Å². The lowest BCUT2D eigenvalue weighted by Gasteiger charge is -2.10. The smallest absolute Gasteiger partial charge is 0.328 e. The third-order valence-electron chi connectivity index (χ3n) is 3.45. The van der Waals surface area contributed by atoms with E-state index in [1.54, 1.807) is 23.5 Å². The van der Waals surface area contributed by atoms with Gasteiger partial charge >= 0.3 is 5.69 Å². The Kier molecular flexibility index (Phi) is 5.78. The lowest BCUT2D eigenvalue weighted by molar-refractivity contribution is 0.145. The van der Waals surface area contributed by atoms with Crippen molar-refractivity contribution in [3.63, 3.8) is 0 Å². The van der Waals surface area contributed by atoms with E-state index >= 15 is 0 Å². The summed E-state index contributed by atoms with van der Waals surface area (Å²) in [6.07, 6.45) is 4.11. The summed E-state index contributed by atoms with van der Waals surface area (Å²) in [5, 5.41) is 14.3. The molecule has 0 unspecified atom stereocenters. The van der Waals surface area contributed by atoms with Gasteiger partial charge in [0.15, 0.2) is 11.6 Å². The second kappa shape index (κ2) is 7.60. The van der Waals surface area contributed by atoms with Crippen LogP contribution in [0.5, 0.6) is 0 Å². The van der Waals surface area contributed by atoms with Gasteiger partial charge < -0.3 is 9.67 Å². The van der Waals surface area contributed by atoms with Crippen LogP contribution in [-0.2, 0) is 20.0 Å². The molecule has 0 aliphatic heterocycles. The maximum atomic E-state index is 12.1. The molecule has 0 amide bonds. The highest BCUT2D eigenvalue weighted by atomic mass is 32.2. The van der Waals surface area contributed by atoms with Crippen LogP contribution in [0.15, 0.2) is 15.8 Å². The van der Waals surface area contributed by atoms with Crippen LogP contribution in [-0.4, -0.2) is 47.5 Å². The van der Waals surface area contributed by atoms with Crippen LogP contribution in [0.1, 0.15) is 19.2 Å². The zero-order chi connectivity index (χ0) is 17.0. The van der Waals surface area contributed by atoms with Crippen molar-refractivity contribution in [3.8, 4) is 11.4 Å². The minimum atomic E-state index is -0.574. The van der Waals surface area contributed by atoms with Crippen LogP contribution < -0.4 is 11.2 Å². The highest BCUT2D eigenvalue weighted by Crippen LogP contribution is 2.14. The van der Waals surface area contributed by atoms with Crippen molar-refractivity contribution in [2.75, 3.05) is 12.0 Å². The number of nitrogens with zero attached hydrogens (tertiary/aromatic N) is 4. The van der Waals surface area contributed by atoms with Gasteiger partial charge in [-0.2, -0.15) is 16.9 Å². The van der Waals surface area contributed by atoms with Crippen LogP contribution in [0.4, 0.5) is 0 Å². The molecule has 0 aliphatic rings. The predicted octanol–water partition coefficient (Wildman–Crippen LogP) is 0.00850. The Bertz CT molecular complexity index is 779. The molecule has 0 spiro atoms. The molecule has 0 radical (unpaired) electrons. The summed E-state index contributed by atoms with van der Waals surface area (Å²) < 4.78 is 2.83. The molecule has 8 nitrogen and oxygen atoms in total. The first-order chi connectivity index (χ1) is 11.0. The molecule has 126 valence electrons. The Labute approximate surface area is 137 Å². The molecule has 2 rings (SSSR count). The molecule has 2 N–H and O–H groups in total. The molecule has 9 heteroatoms. The van der Waals surface area contributed by atoms with Crippen molar-refractivity contribution < 1.29 is 5.11 Å². The average molecular weight is 339 g/mol. The van der Waals surface area contributed by atoms with E-state index in [2.05, 4.69) is 15.1 Å². The summed E-state index contributed by atoms with van der Waals surface area (Å²) in [5.74, 6) is 1.85. The van der Waals surface area contributed by atoms with Crippen molar-refractivity contribution >= 4 is 11.8 Å². The molecule has 0 fully saturated rings. The monoisotopic (exact) mass is 339 g/mol. The highest BCUT2D eigenvalue weighted by Gasteiger charge is 2.17. The fourth-order valence-electron chi connectivity index (χ4n) is 2.07. The normalized spacial score (nSPS) is 12.5. The quantitative estimate of drug-likeness (QED) is 0.736. The maximum Gasteiger partial charge on any atom is 0.328 e. The van der Waals surface area contributed by atoms with Gasteiger partial charge in [-0.05, 0) is 12.7 Å². The number of hydrogen-bond acceptors (Lipinski definition) is 6. The summed E-state index contributed by atoms with van der Waals surface area (Å²) in [7, 11) is 1.55. The van der Waals surface area contributed by atoms with Gasteiger partial charge in [0.2, 0.25) is 0 Å². The van der Waals surface area contributed by atoms with Crippen LogP contribution in [0, 0.1) is 0 Å². The first kappa shape index (κ1) is 17.5. The van der Waals surface area contributed by atoms with Crippen molar-refractivity contribution in [3.05, 3.63) is 32.9 Å². The Hall–Kier alpha value is -1.87. The second-order valence-electron chi connectivity index (χ2n) is 5.25. The van der Waals surface area contributed by atoms with Gasteiger partial charge in [-0.3, -0.25) is 9.78 Å². The Balaban J connectivity index is 2.50. The number of aliphatic hydroxyl groups excluding tert-OH is 1. The van der Waals surface area contributed by atoms with E-state index in [1.165, 1.54) is 10.8 Å². The van der Waals surface area contributed by atoms with Crippen molar-refractivity contribution in [1.82, 2.24) is 24.3 Å². The molecular weight excluding hydrogens is 318 g/mol. The third-order valence-corrected chi connectivity index (χ3v) is 4.06. The highest BCUT2D eigenvalue weighted by molar-refractivity contribution is 7.98. The lowest BCUT2D eigenvalue weighted by atomic mass is 10.2. The number of rotatable bonds is 7. The molecule has 2 aromatic heterocycles. The number of H-pyrrole nitrogens is 1. The number of aryl methyl sites for hydroxylation is 2. The van der Waals surface area contributed by atoms with Crippen LogP contribution in [0.2, 0.25) is 0 Å². The minimum Gasteiger partial charge on any atom is -0.391 e. The lowest BCUT2D eigenvalue weighted by Crippen LogP contribution is -2.29. The SMILES string of the molecule is CC[C@@H](O)Cn1nc(CCSC)nc1-c1cn(C)c(=O)[nH]c1=O. The molecule has 1 atom stereocenters. The summed E-state index contributed by atoms with van der Waals surface area (Å²) >= 11 is 1.68. The number of hydrogen-bond donors (Lipinski definition) is 2. The first-order valence-corrected chi connectivity index (χ1v) is 8.76. The van der Waals surface area contributed by atoms with Crippen LogP contribution in [0.25, 0.3) is 11.4 Å². The summed E-state index contributed by atoms with van der Waals surface area (Å²) in [6.45, 7) is 2.12. The minimum absolute atomic E-state index is 0.250. The van der Waals surface area contributed by atoms with Crippen molar-refractivity contribution in [1.29, 1.82) is 0 Å². The number of aliphatic hydroxyl groups is 1. The Morgan fingerprint density at radius 1 is 1.43 bits per heavy atom. The van der Waals surface area contributed by atoms with Gasteiger partial charge in [0.05, 0.1) is 12.6 Å². The topological polar surface area (TPSA) is 106 Å². The number of aromatic amines is 1. The molecule has 0 saturated carbocycles. The molecule has 0 saturated heterocycles. The zero-order valence-electron chi connectivity index (χ0n) is 13.4. The van der Waals surface area contributed by atoms with E-state index in [4.69, 9.17) is 0 Å². The van der Waals surface area contributed by atoms with E-state index in [9.17, 15) is 14.7 Å². The van der Waals surface area contributed by atoms with E-state index in [0.717, 1.165) is 5.75 Å². The number of thioether (sulfide) groups is 1. The van der Waals surface area contributed by atoms with Gasteiger partial charge in [-0.25, -0.2) is 14.5 Å². The van der Waals surface area contributed by atoms with Crippen LogP contribution in [0.3, 0.4) is 0 Å². The number of aromatic nitrogens is 5. The molecule has 2 aromatic rings. The Morgan fingerprint density at radius 2 is 2.17 bits per heavy atom. The van der Waals surface area contributed by atoms with Gasteiger partial charge in [-0.15, -0.1) is 0 Å². The standard InChI is InChI=1S/C14H21N5O3S/c1-4-9(20)7-19-12(15-11(17-19)5-6-23-3)10-8-18(2)14(22)16-13(10)21/h8-9,20H,4-7H2,1-3H3,(H,16,21,22)/t9-/m1/s1. The fourth-order valence-corrected chi connectivity index (χ4v) is 2.45. The molecule has 2 heterocycles. The van der Waals surface area contributed by atoms with Gasteiger partial charge in [0.25, 0.3) is 5.56 Å². The van der Waals surface area contributed by atoms with Crippen LogP contribution >= 0.6 is 11.8 Å². The molecule has 23 heavy (non-hydrogen) atoms. The van der Waals surface area contributed by atoms with E-state index in [0.29, 0.717) is 24.5 Å². The molecule has 0 aliphatic carbocycles. The zero-order valence-corrected chi connectivity index (χ0v) is 14.3. The first-order valence-electron chi connectivity index (χ1n) is 7.37. The second-order valence-corrected chi connectivity index (χ2v) is 6.24. The summed E-state index contributed by atoms with van der Waals surface area (Å²) in [6, 6.07) is 0. The fraction of sp³-hybridized carbons (Fsp3) is 0.571. The van der Waals surface area contributed by atoms with E-state index < -0.39 is 17.4 Å². The van der Waals surface area contributed by atoms with E-state index in [-0.39, 0.29) is 12.1 Å². The molecule has 0 bridgehead atoms. The summed E-state index contributed by atoms with van der Waals surface area (Å²) in [4.78, 5) is 30.3. The van der Waals surface area contributed by atoms with E-state index in [1.807, 2.05) is 13.2 Å². The number of nitrogens with one attached hydrogen (secondary N) is 1. The largest absolute Gasteiger partial charge is 0.391 e. The Morgan fingerprint density at radius 3 is 2.83 bits per heavy atom. The van der Waals surface area contributed by atoms with Gasteiger partial charge in [0.1, 0.15) is 5.56 Å². The predicted molar refractivity (Wildman–Crippen MR) is 89.7 cm³/mol. The molecule has 0 aromatic carbocycles. The maximum absolute atomic E-state index is 12.1. The third kappa shape index (κ3) is 4.11.